The number of nitrogens with zero attached hydrogens (tertiary/aromatic N) is 1. The molecule has 1 fully saturated rings. The van der Waals surface area contributed by atoms with Crippen LogP contribution in [0.15, 0.2) is 27.6 Å². The lowest BCUT2D eigenvalue weighted by molar-refractivity contribution is 0.0638. The van der Waals surface area contributed by atoms with Crippen molar-refractivity contribution in [2.24, 2.45) is 0 Å². The Labute approximate surface area is 126 Å². The van der Waals surface area contributed by atoms with Gasteiger partial charge in [-0.15, -0.1) is 0 Å². The Bertz CT molecular complexity index is 593. The number of benzene rings is 1. The van der Waals surface area contributed by atoms with Crippen LogP contribution in [0.5, 0.6) is 0 Å². The molecule has 20 heavy (non-hydrogen) atoms. The summed E-state index contributed by atoms with van der Waals surface area (Å²) >= 11 is 3.00. The third kappa shape index (κ3) is 3.05. The van der Waals surface area contributed by atoms with E-state index in [2.05, 4.69) is 15.9 Å². The van der Waals surface area contributed by atoms with Crippen LogP contribution in [-0.4, -0.2) is 37.0 Å². The standard InChI is InChI=1S/C13H17BrFNO3S/c1-16(12-4-2-3-5-13(12)17)20(18,19)9-6-7-10(14)11(15)8-9/h6-8,12-13,17H,2-5H2,1H3. The van der Waals surface area contributed by atoms with Crippen LogP contribution >= 0.6 is 15.9 Å². The number of sulfonamides is 1. The predicted molar refractivity (Wildman–Crippen MR) is 77.3 cm³/mol. The number of rotatable bonds is 3. The van der Waals surface area contributed by atoms with Gasteiger partial charge in [0.05, 0.1) is 21.5 Å². The summed E-state index contributed by atoms with van der Waals surface area (Å²) in [7, 11) is -2.36. The molecule has 0 bridgehead atoms. The molecule has 2 unspecified atom stereocenters. The van der Waals surface area contributed by atoms with Crippen molar-refractivity contribution in [3.8, 4) is 0 Å². The monoisotopic (exact) mass is 365 g/mol. The summed E-state index contributed by atoms with van der Waals surface area (Å²) < 4.78 is 39.8. The summed E-state index contributed by atoms with van der Waals surface area (Å²) in [6, 6.07) is 3.27. The lowest BCUT2D eigenvalue weighted by Crippen LogP contribution is -2.46. The highest BCUT2D eigenvalue weighted by atomic mass is 79.9. The molecule has 2 atom stereocenters. The van der Waals surface area contributed by atoms with Gasteiger partial charge < -0.3 is 5.11 Å². The van der Waals surface area contributed by atoms with Gasteiger partial charge in [-0.1, -0.05) is 12.8 Å². The number of hydrogen-bond acceptors (Lipinski definition) is 3. The van der Waals surface area contributed by atoms with Crippen LogP contribution in [0, 0.1) is 5.82 Å². The molecule has 1 N–H and O–H groups in total. The van der Waals surface area contributed by atoms with Gasteiger partial charge in [-0.25, -0.2) is 12.8 Å². The molecular formula is C13H17BrFNO3S. The van der Waals surface area contributed by atoms with E-state index < -0.39 is 28.0 Å². The summed E-state index contributed by atoms with van der Waals surface area (Å²) in [6.45, 7) is 0. The second kappa shape index (κ2) is 6.09. The predicted octanol–water partition coefficient (Wildman–Crippen LogP) is 2.51. The second-order valence-corrected chi connectivity index (χ2v) is 7.87. The highest BCUT2D eigenvalue weighted by Gasteiger charge is 2.34. The Kier molecular flexibility index (Phi) is 4.84. The average Bonchev–Trinajstić information content (AvgIpc) is 2.41. The molecule has 1 aromatic carbocycles. The van der Waals surface area contributed by atoms with E-state index in [9.17, 15) is 17.9 Å². The van der Waals surface area contributed by atoms with Crippen LogP contribution in [0.25, 0.3) is 0 Å². The first-order valence-corrected chi connectivity index (χ1v) is 8.68. The lowest BCUT2D eigenvalue weighted by Gasteiger charge is -2.34. The van der Waals surface area contributed by atoms with E-state index in [1.54, 1.807) is 0 Å². The van der Waals surface area contributed by atoms with Crippen LogP contribution < -0.4 is 0 Å². The van der Waals surface area contributed by atoms with Gasteiger partial charge in [-0.3, -0.25) is 0 Å². The van der Waals surface area contributed by atoms with E-state index in [0.29, 0.717) is 12.8 Å². The average molecular weight is 366 g/mol. The number of hydrogen-bond donors (Lipinski definition) is 1. The van der Waals surface area contributed by atoms with Gasteiger partial charge in [0.1, 0.15) is 5.82 Å². The van der Waals surface area contributed by atoms with Gasteiger partial charge >= 0.3 is 0 Å². The molecule has 0 spiro atoms. The SMILES string of the molecule is CN(C1CCCCC1O)S(=O)(=O)c1ccc(Br)c(F)c1. The first kappa shape index (κ1) is 15.9. The zero-order valence-electron chi connectivity index (χ0n) is 11.1. The van der Waals surface area contributed by atoms with Crippen LogP contribution in [0.4, 0.5) is 4.39 Å². The fourth-order valence-electron chi connectivity index (χ4n) is 2.50. The highest BCUT2D eigenvalue weighted by Crippen LogP contribution is 2.28. The van der Waals surface area contributed by atoms with Gasteiger partial charge in [0.2, 0.25) is 10.0 Å². The molecular weight excluding hydrogens is 349 g/mol. The van der Waals surface area contributed by atoms with Gasteiger partial charge in [-0.05, 0) is 47.0 Å². The molecule has 2 rings (SSSR count). The van der Waals surface area contributed by atoms with Gasteiger partial charge in [-0.2, -0.15) is 4.31 Å². The maximum Gasteiger partial charge on any atom is 0.243 e. The van der Waals surface area contributed by atoms with Crippen LogP contribution in [0.2, 0.25) is 0 Å². The van der Waals surface area contributed by atoms with Crippen molar-refractivity contribution >= 4 is 26.0 Å². The molecule has 0 aromatic heterocycles. The molecule has 0 amide bonds. The van der Waals surface area contributed by atoms with Gasteiger partial charge in [0.25, 0.3) is 0 Å². The topological polar surface area (TPSA) is 57.6 Å². The Morgan fingerprint density at radius 1 is 1.35 bits per heavy atom. The number of aliphatic hydroxyl groups is 1. The van der Waals surface area contributed by atoms with Gasteiger partial charge in [0, 0.05) is 7.05 Å². The summed E-state index contributed by atoms with van der Waals surface area (Å²) in [5, 5.41) is 9.96. The molecule has 1 aromatic rings. The maximum atomic E-state index is 13.5. The minimum Gasteiger partial charge on any atom is -0.391 e. The van der Waals surface area contributed by atoms with E-state index >= 15 is 0 Å². The van der Waals surface area contributed by atoms with Crippen LogP contribution in [0.3, 0.4) is 0 Å². The zero-order valence-corrected chi connectivity index (χ0v) is 13.5. The Hall–Kier alpha value is -0.500. The summed E-state index contributed by atoms with van der Waals surface area (Å²) in [5.41, 5.74) is 0. The van der Waals surface area contributed by atoms with Crippen molar-refractivity contribution in [2.75, 3.05) is 7.05 Å². The van der Waals surface area contributed by atoms with E-state index in [1.807, 2.05) is 0 Å². The van der Waals surface area contributed by atoms with E-state index in [-0.39, 0.29) is 9.37 Å². The van der Waals surface area contributed by atoms with Crippen LogP contribution in [-0.2, 0) is 10.0 Å². The lowest BCUT2D eigenvalue weighted by atomic mass is 9.93. The Balaban J connectivity index is 2.31. The van der Waals surface area contributed by atoms with Crippen molar-refractivity contribution in [2.45, 2.75) is 42.7 Å². The van der Waals surface area contributed by atoms with Crippen molar-refractivity contribution in [1.82, 2.24) is 4.31 Å². The molecule has 0 radical (unpaired) electrons. The van der Waals surface area contributed by atoms with Crippen LogP contribution in [0.1, 0.15) is 25.7 Å². The summed E-state index contributed by atoms with van der Waals surface area (Å²) in [5.74, 6) is -0.622. The molecule has 1 aliphatic rings. The summed E-state index contributed by atoms with van der Waals surface area (Å²) in [4.78, 5) is -0.0986. The molecule has 1 aliphatic carbocycles. The summed E-state index contributed by atoms with van der Waals surface area (Å²) in [6.07, 6.45) is 2.34. The van der Waals surface area contributed by atoms with Crippen molar-refractivity contribution in [1.29, 1.82) is 0 Å². The molecule has 7 heteroatoms. The molecule has 0 saturated heterocycles. The Morgan fingerprint density at radius 2 is 2.00 bits per heavy atom. The largest absolute Gasteiger partial charge is 0.391 e. The normalized spacial score (nSPS) is 24.1. The zero-order chi connectivity index (χ0) is 14.9. The molecule has 0 heterocycles. The highest BCUT2D eigenvalue weighted by molar-refractivity contribution is 9.10. The maximum absolute atomic E-state index is 13.5. The van der Waals surface area contributed by atoms with Crippen molar-refractivity contribution < 1.29 is 17.9 Å². The Morgan fingerprint density at radius 3 is 2.60 bits per heavy atom. The van der Waals surface area contributed by atoms with E-state index in [4.69, 9.17) is 0 Å². The number of likely N-dealkylation sites (N-methyl/N-ethyl adjacent to an activating group) is 1. The minimum atomic E-state index is -3.80. The number of aliphatic hydroxyl groups excluding tert-OH is 1. The third-order valence-corrected chi connectivity index (χ3v) is 6.25. The smallest absolute Gasteiger partial charge is 0.243 e. The van der Waals surface area contributed by atoms with Crippen molar-refractivity contribution in [3.05, 3.63) is 28.5 Å². The first-order valence-electron chi connectivity index (χ1n) is 6.45. The fourth-order valence-corrected chi connectivity index (χ4v) is 4.17. The quantitative estimate of drug-likeness (QED) is 0.895. The second-order valence-electron chi connectivity index (χ2n) is 5.02. The fraction of sp³-hybridized carbons (Fsp3) is 0.538. The molecule has 1 saturated carbocycles. The first-order chi connectivity index (χ1) is 9.34. The van der Waals surface area contributed by atoms with Gasteiger partial charge in [0.15, 0.2) is 0 Å². The minimum absolute atomic E-state index is 0.0986. The molecule has 4 nitrogen and oxygen atoms in total. The third-order valence-electron chi connectivity index (χ3n) is 3.73. The molecule has 0 aliphatic heterocycles. The molecule has 112 valence electrons. The van der Waals surface area contributed by atoms with E-state index in [0.717, 1.165) is 18.9 Å². The number of halogens is 2. The van der Waals surface area contributed by atoms with E-state index in [1.165, 1.54) is 23.5 Å². The van der Waals surface area contributed by atoms with Crippen molar-refractivity contribution in [3.63, 3.8) is 0 Å².